The summed E-state index contributed by atoms with van der Waals surface area (Å²) in [4.78, 5) is 22.6. The number of halogens is 1. The van der Waals surface area contributed by atoms with E-state index >= 15 is 0 Å². The summed E-state index contributed by atoms with van der Waals surface area (Å²) in [6, 6.07) is 13.7. The number of nitriles is 1. The molecule has 1 unspecified atom stereocenters. The Morgan fingerprint density at radius 1 is 1.14 bits per heavy atom. The van der Waals surface area contributed by atoms with E-state index in [1.165, 1.54) is 0 Å². The smallest absolute Gasteiger partial charge is 0.322 e. The van der Waals surface area contributed by atoms with Crippen LogP contribution in [0.2, 0.25) is 0 Å². The molecule has 0 amide bonds. The van der Waals surface area contributed by atoms with Crippen molar-refractivity contribution < 1.29 is 12.1 Å². The van der Waals surface area contributed by atoms with E-state index in [-0.39, 0.29) is 23.3 Å². The average molecular weight is 613 g/mol. The lowest BCUT2D eigenvalue weighted by molar-refractivity contribution is -0.130. The van der Waals surface area contributed by atoms with Gasteiger partial charge in [0.05, 0.1) is 22.7 Å². The molecule has 10 heteroatoms. The molecule has 3 aliphatic rings. The average Bonchev–Trinajstić information content (AvgIpc) is 3.51. The second kappa shape index (κ2) is 8.95. The lowest BCUT2D eigenvalue weighted by atomic mass is 9.56. The molecule has 3 saturated carbocycles. The zero-order valence-corrected chi connectivity index (χ0v) is 22.5. The van der Waals surface area contributed by atoms with E-state index in [0.717, 1.165) is 54.9 Å². The van der Waals surface area contributed by atoms with Gasteiger partial charge < -0.3 is 7.63 Å². The van der Waals surface area contributed by atoms with Gasteiger partial charge in [0.1, 0.15) is 17.8 Å². The number of nitrogens with zero attached hydrogens (tertiary/aromatic N) is 5. The van der Waals surface area contributed by atoms with Crippen molar-refractivity contribution in [3.05, 3.63) is 54.6 Å². The van der Waals surface area contributed by atoms with Crippen LogP contribution in [0, 0.1) is 16.7 Å². The monoisotopic (exact) mass is 613 g/mol. The lowest BCUT2D eigenvalue weighted by Crippen LogP contribution is -2.48. The molecule has 184 valence electrons. The largest absolute Gasteiger partial charge is 0.394 e. The van der Waals surface area contributed by atoms with Gasteiger partial charge in [0, 0.05) is 23.5 Å². The molecule has 0 N–H and O–H groups in total. The SMILES string of the molecule is N#CCC12CCC(n3c(CC(=O)OI)nc4cnc5c(ccn5S(=O)c5ccccc5)c43)(CC1)CC2. The number of rotatable bonds is 6. The van der Waals surface area contributed by atoms with Gasteiger partial charge in [-0.2, -0.15) is 5.26 Å². The minimum absolute atomic E-state index is 0.0703. The molecule has 1 atom stereocenters. The molecular formula is C26H24IN5O3S. The summed E-state index contributed by atoms with van der Waals surface area (Å²) in [6.45, 7) is 0. The van der Waals surface area contributed by atoms with Crippen molar-refractivity contribution in [2.24, 2.45) is 5.41 Å². The zero-order chi connectivity index (χ0) is 24.9. The minimum atomic E-state index is -1.44. The molecule has 8 nitrogen and oxygen atoms in total. The molecule has 7 rings (SSSR count). The quantitative estimate of drug-likeness (QED) is 0.272. The highest BCUT2D eigenvalue weighted by Crippen LogP contribution is 2.58. The third-order valence-corrected chi connectivity index (χ3v) is 9.99. The van der Waals surface area contributed by atoms with Crippen LogP contribution in [0.5, 0.6) is 0 Å². The van der Waals surface area contributed by atoms with Crippen LogP contribution in [0.3, 0.4) is 0 Å². The van der Waals surface area contributed by atoms with Crippen molar-refractivity contribution >= 4 is 62.0 Å². The third-order valence-electron chi connectivity index (χ3n) is 8.17. The van der Waals surface area contributed by atoms with Gasteiger partial charge in [-0.15, -0.1) is 0 Å². The van der Waals surface area contributed by atoms with Crippen LogP contribution >= 0.6 is 23.0 Å². The summed E-state index contributed by atoms with van der Waals surface area (Å²) in [6.07, 6.45) is 9.98. The van der Waals surface area contributed by atoms with E-state index in [2.05, 4.69) is 15.6 Å². The molecule has 0 radical (unpaired) electrons. The van der Waals surface area contributed by atoms with Gasteiger partial charge in [-0.3, -0.25) is 4.79 Å². The van der Waals surface area contributed by atoms with E-state index in [1.54, 1.807) is 33.2 Å². The Hall–Kier alpha value is -2.78. The maximum atomic E-state index is 13.4. The summed E-state index contributed by atoms with van der Waals surface area (Å²) >= 11 is 1.62. The van der Waals surface area contributed by atoms with Crippen LogP contribution in [0.4, 0.5) is 0 Å². The number of imidazole rings is 1. The van der Waals surface area contributed by atoms with E-state index in [4.69, 9.17) is 8.05 Å². The fourth-order valence-corrected chi connectivity index (χ4v) is 7.50. The zero-order valence-electron chi connectivity index (χ0n) is 19.5. The summed E-state index contributed by atoms with van der Waals surface area (Å²) in [5, 5.41) is 10.3. The van der Waals surface area contributed by atoms with Gasteiger partial charge in [-0.05, 0) is 62.1 Å². The molecule has 2 bridgehead atoms. The second-order valence-electron chi connectivity index (χ2n) is 9.98. The number of carbonyl (C=O) groups is 1. The summed E-state index contributed by atoms with van der Waals surface area (Å²) in [7, 11) is -1.44. The molecule has 1 aromatic carbocycles. The Morgan fingerprint density at radius 3 is 2.53 bits per heavy atom. The number of pyridine rings is 1. The Kier molecular flexibility index (Phi) is 5.87. The van der Waals surface area contributed by atoms with Crippen molar-refractivity contribution in [1.29, 1.82) is 5.26 Å². The maximum Gasteiger partial charge on any atom is 0.322 e. The molecular weight excluding hydrogens is 589 g/mol. The van der Waals surface area contributed by atoms with Crippen molar-refractivity contribution in [2.75, 3.05) is 0 Å². The van der Waals surface area contributed by atoms with Crippen LogP contribution in [0.15, 0.2) is 53.7 Å². The number of carbonyl (C=O) groups excluding carboxylic acids is 1. The predicted octanol–water partition coefficient (Wildman–Crippen LogP) is 5.36. The fourth-order valence-electron chi connectivity index (χ4n) is 6.26. The Balaban J connectivity index is 1.53. The van der Waals surface area contributed by atoms with Gasteiger partial charge in [0.2, 0.25) is 0 Å². The Bertz CT molecular complexity index is 1530. The van der Waals surface area contributed by atoms with E-state index in [9.17, 15) is 14.3 Å². The molecule has 3 aromatic heterocycles. The van der Waals surface area contributed by atoms with Gasteiger partial charge in [0.25, 0.3) is 0 Å². The minimum Gasteiger partial charge on any atom is -0.394 e. The first-order valence-corrected chi connectivity index (χ1v) is 14.0. The molecule has 3 fully saturated rings. The summed E-state index contributed by atoms with van der Waals surface area (Å²) in [5.41, 5.74) is 2.20. The van der Waals surface area contributed by atoms with Gasteiger partial charge in [-0.1, -0.05) is 18.2 Å². The first-order chi connectivity index (χ1) is 17.5. The van der Waals surface area contributed by atoms with E-state index in [1.807, 2.05) is 42.6 Å². The normalized spacial score (nSPS) is 24.1. The van der Waals surface area contributed by atoms with Crippen molar-refractivity contribution in [2.45, 2.75) is 61.8 Å². The highest BCUT2D eigenvalue weighted by Gasteiger charge is 2.50. The van der Waals surface area contributed by atoms with Crippen molar-refractivity contribution in [1.82, 2.24) is 18.5 Å². The van der Waals surface area contributed by atoms with Crippen LogP contribution in [0.25, 0.3) is 22.1 Å². The second-order valence-corrected chi connectivity index (χ2v) is 11.8. The number of aromatic nitrogens is 4. The summed E-state index contributed by atoms with van der Waals surface area (Å²) < 4.78 is 22.3. The molecule has 3 heterocycles. The lowest BCUT2D eigenvalue weighted by Gasteiger charge is -2.54. The van der Waals surface area contributed by atoms with E-state index < -0.39 is 11.0 Å². The molecule has 0 saturated heterocycles. The van der Waals surface area contributed by atoms with Crippen LogP contribution < -0.4 is 0 Å². The van der Waals surface area contributed by atoms with Gasteiger partial charge in [-0.25, -0.2) is 18.1 Å². The topological polar surface area (TPSA) is 103 Å². The van der Waals surface area contributed by atoms with Crippen molar-refractivity contribution in [3.63, 3.8) is 0 Å². The van der Waals surface area contributed by atoms with Crippen molar-refractivity contribution in [3.8, 4) is 6.07 Å². The Morgan fingerprint density at radius 2 is 1.86 bits per heavy atom. The van der Waals surface area contributed by atoms with Gasteiger partial charge >= 0.3 is 5.97 Å². The van der Waals surface area contributed by atoms with Crippen LogP contribution in [-0.4, -0.2) is 28.7 Å². The third kappa shape index (κ3) is 3.66. The number of fused-ring (bicyclic) bond motifs is 6. The number of hydrogen-bond donors (Lipinski definition) is 0. The summed E-state index contributed by atoms with van der Waals surface area (Å²) in [5.74, 6) is 0.327. The van der Waals surface area contributed by atoms with Crippen LogP contribution in [-0.2, 0) is 30.8 Å². The van der Waals surface area contributed by atoms with E-state index in [0.29, 0.717) is 22.8 Å². The highest BCUT2D eigenvalue weighted by atomic mass is 127. The fraction of sp³-hybridized carbons (Fsp3) is 0.385. The number of benzene rings is 1. The Labute approximate surface area is 224 Å². The highest BCUT2D eigenvalue weighted by molar-refractivity contribution is 14.1. The molecule has 0 spiro atoms. The molecule has 4 aromatic rings. The standard InChI is InChI=1S/C26H24IN5O3S/c27-35-22(33)16-21-30-20-17-29-24-19(6-15-31(24)36(34)18-4-2-1-3-5-18)23(20)32(21)26-10-7-25(8-11-26,9-12-26)13-14-28/h1-6,15,17H,7-13,16H2. The molecule has 36 heavy (non-hydrogen) atoms. The maximum absolute atomic E-state index is 13.4. The van der Waals surface area contributed by atoms with Gasteiger partial charge in [0.15, 0.2) is 39.6 Å². The van der Waals surface area contributed by atoms with Crippen LogP contribution in [0.1, 0.15) is 50.8 Å². The first kappa shape index (κ1) is 23.6. The first-order valence-electron chi connectivity index (χ1n) is 12.0. The number of hydrogen-bond acceptors (Lipinski definition) is 6. The molecule has 0 aliphatic heterocycles. The predicted molar refractivity (Wildman–Crippen MR) is 143 cm³/mol. The molecule has 3 aliphatic carbocycles.